The first kappa shape index (κ1) is 22.4. The van der Waals surface area contributed by atoms with Gasteiger partial charge in [0, 0.05) is 43.4 Å². The van der Waals surface area contributed by atoms with Crippen molar-refractivity contribution >= 4 is 57.8 Å². The number of amides is 1. The number of anilines is 1. The molecule has 0 aliphatic carbocycles. The Morgan fingerprint density at radius 3 is 3.06 bits per heavy atom. The first-order valence-electron chi connectivity index (χ1n) is 11.7. The summed E-state index contributed by atoms with van der Waals surface area (Å²) < 4.78 is 6.34. The van der Waals surface area contributed by atoms with E-state index < -0.39 is 0 Å². The van der Waals surface area contributed by atoms with Gasteiger partial charge in [0.1, 0.15) is 12.1 Å². The summed E-state index contributed by atoms with van der Waals surface area (Å²) in [5.41, 5.74) is 4.69. The van der Waals surface area contributed by atoms with E-state index in [2.05, 4.69) is 50.7 Å². The molecule has 8 nitrogen and oxygen atoms in total. The molecule has 1 amide bonds. The van der Waals surface area contributed by atoms with Crippen LogP contribution in [0.25, 0.3) is 32.9 Å². The van der Waals surface area contributed by atoms with Crippen molar-refractivity contribution in [3.63, 3.8) is 0 Å². The van der Waals surface area contributed by atoms with Crippen molar-refractivity contribution in [2.45, 2.75) is 25.8 Å². The summed E-state index contributed by atoms with van der Waals surface area (Å²) in [6.07, 6.45) is 4.63. The Morgan fingerprint density at radius 2 is 2.20 bits per heavy atom. The van der Waals surface area contributed by atoms with Crippen LogP contribution in [0.1, 0.15) is 18.4 Å². The van der Waals surface area contributed by atoms with Crippen LogP contribution in [-0.4, -0.2) is 69.0 Å². The number of ether oxygens (including phenoxy) is 1. The standard InChI is InChI=1S/C25H25ClN6O2S/c1-14-2-3-18-17(11-29-30-18)21(14)16-10-19-22-24(23(16)26)34-8-4-15-12-31(20(33)5-9-35)6-7-32(15)25(22)28-13-27-19/h2-3,10-11,13,15,35H,4-9,12H2,1H3,(H,29,30)/t15-/m0/s1. The maximum Gasteiger partial charge on any atom is 0.223 e. The molecule has 0 saturated carbocycles. The highest BCUT2D eigenvalue weighted by molar-refractivity contribution is 7.80. The number of carbonyl (C=O) groups excluding carboxylic acids is 1. The monoisotopic (exact) mass is 508 g/mol. The molecular weight excluding hydrogens is 484 g/mol. The van der Waals surface area contributed by atoms with Crippen LogP contribution in [0.4, 0.5) is 5.82 Å². The van der Waals surface area contributed by atoms with Gasteiger partial charge in [-0.05, 0) is 35.9 Å². The van der Waals surface area contributed by atoms with Crippen molar-refractivity contribution in [3.05, 3.63) is 41.3 Å². The number of hydrogen-bond acceptors (Lipinski definition) is 7. The number of rotatable bonds is 3. The Labute approximate surface area is 213 Å². The van der Waals surface area contributed by atoms with Gasteiger partial charge in [-0.25, -0.2) is 9.97 Å². The molecule has 1 N–H and O–H groups in total. The smallest absolute Gasteiger partial charge is 0.223 e. The zero-order chi connectivity index (χ0) is 24.1. The maximum atomic E-state index is 12.5. The van der Waals surface area contributed by atoms with Crippen molar-refractivity contribution in [2.75, 3.05) is 36.9 Å². The summed E-state index contributed by atoms with van der Waals surface area (Å²) in [5.74, 6) is 2.12. The molecule has 0 radical (unpaired) electrons. The number of aromatic amines is 1. The minimum Gasteiger partial charge on any atom is -0.491 e. The quantitative estimate of drug-likeness (QED) is 0.402. The van der Waals surface area contributed by atoms with Crippen LogP contribution in [0.15, 0.2) is 30.7 Å². The third-order valence-corrected chi connectivity index (χ3v) is 7.63. The predicted octanol–water partition coefficient (Wildman–Crippen LogP) is 4.25. The van der Waals surface area contributed by atoms with Gasteiger partial charge >= 0.3 is 0 Å². The molecule has 10 heteroatoms. The Hall–Kier alpha value is -3.04. The number of carbonyl (C=O) groups is 1. The fourth-order valence-corrected chi connectivity index (χ4v) is 5.82. The van der Waals surface area contributed by atoms with Gasteiger partial charge in [-0.1, -0.05) is 17.7 Å². The third kappa shape index (κ3) is 3.68. The molecule has 2 aromatic heterocycles. The lowest BCUT2D eigenvalue weighted by molar-refractivity contribution is -0.131. The largest absolute Gasteiger partial charge is 0.491 e. The van der Waals surface area contributed by atoms with E-state index in [0.717, 1.165) is 50.7 Å². The fraction of sp³-hybridized carbons (Fsp3) is 0.360. The molecule has 4 heterocycles. The van der Waals surface area contributed by atoms with Gasteiger partial charge in [0.15, 0.2) is 5.75 Å². The SMILES string of the molecule is Cc1ccc2[nH]ncc2c1-c1cc2ncnc3c2c(c1Cl)OCC[C@H]1CN(C(=O)CCS)CCN31. The fourth-order valence-electron chi connectivity index (χ4n) is 5.33. The van der Waals surface area contributed by atoms with Gasteiger partial charge in [0.2, 0.25) is 5.91 Å². The van der Waals surface area contributed by atoms with Crippen molar-refractivity contribution in [1.29, 1.82) is 0 Å². The first-order valence-corrected chi connectivity index (χ1v) is 12.8. The number of nitrogens with zero attached hydrogens (tertiary/aromatic N) is 5. The first-order chi connectivity index (χ1) is 17.1. The molecule has 180 valence electrons. The number of hydrogen-bond donors (Lipinski definition) is 2. The molecule has 0 spiro atoms. The molecule has 6 rings (SSSR count). The zero-order valence-corrected chi connectivity index (χ0v) is 20.9. The van der Waals surface area contributed by atoms with Crippen molar-refractivity contribution in [1.82, 2.24) is 25.1 Å². The van der Waals surface area contributed by atoms with E-state index in [1.807, 2.05) is 23.2 Å². The second kappa shape index (κ2) is 8.87. The molecule has 1 fully saturated rings. The van der Waals surface area contributed by atoms with Crippen molar-refractivity contribution in [3.8, 4) is 16.9 Å². The van der Waals surface area contributed by atoms with E-state index in [1.165, 1.54) is 0 Å². The Morgan fingerprint density at radius 1 is 1.31 bits per heavy atom. The number of thiol groups is 1. The molecule has 2 aliphatic heterocycles. The lowest BCUT2D eigenvalue weighted by atomic mass is 9.95. The summed E-state index contributed by atoms with van der Waals surface area (Å²) >= 11 is 11.3. The van der Waals surface area contributed by atoms with Gasteiger partial charge in [-0.2, -0.15) is 17.7 Å². The average Bonchev–Trinajstić information content (AvgIpc) is 3.33. The van der Waals surface area contributed by atoms with Crippen LogP contribution in [0.2, 0.25) is 5.02 Å². The number of halogens is 1. The lowest BCUT2D eigenvalue weighted by Crippen LogP contribution is -2.56. The van der Waals surface area contributed by atoms with Crippen LogP contribution in [0.3, 0.4) is 0 Å². The topological polar surface area (TPSA) is 87.2 Å². The molecular formula is C25H25ClN6O2S. The van der Waals surface area contributed by atoms with E-state index in [0.29, 0.717) is 49.2 Å². The van der Waals surface area contributed by atoms with Gasteiger partial charge in [-0.15, -0.1) is 0 Å². The highest BCUT2D eigenvalue weighted by Gasteiger charge is 2.34. The Kier molecular flexibility index (Phi) is 5.69. The number of aryl methyl sites for hydroxylation is 1. The number of benzene rings is 2. The van der Waals surface area contributed by atoms with Gasteiger partial charge in [0.25, 0.3) is 0 Å². The summed E-state index contributed by atoms with van der Waals surface area (Å²) in [5, 5.41) is 9.64. The van der Waals surface area contributed by atoms with Gasteiger partial charge < -0.3 is 14.5 Å². The van der Waals surface area contributed by atoms with E-state index in [9.17, 15) is 4.79 Å². The van der Waals surface area contributed by atoms with E-state index in [4.69, 9.17) is 16.3 Å². The molecule has 4 aromatic rings. The van der Waals surface area contributed by atoms with Crippen LogP contribution in [0.5, 0.6) is 5.75 Å². The van der Waals surface area contributed by atoms with Gasteiger partial charge in [0.05, 0.1) is 40.3 Å². The summed E-state index contributed by atoms with van der Waals surface area (Å²) in [6.45, 7) is 4.54. The Bertz CT molecular complexity index is 1460. The molecule has 0 unspecified atom stereocenters. The highest BCUT2D eigenvalue weighted by Crippen LogP contribution is 2.47. The summed E-state index contributed by atoms with van der Waals surface area (Å²) in [6, 6.07) is 6.21. The molecule has 2 aliphatic rings. The lowest BCUT2D eigenvalue weighted by Gasteiger charge is -2.43. The van der Waals surface area contributed by atoms with Gasteiger partial charge in [-0.3, -0.25) is 9.89 Å². The van der Waals surface area contributed by atoms with E-state index in [-0.39, 0.29) is 11.9 Å². The number of H-pyrrole nitrogens is 1. The summed E-state index contributed by atoms with van der Waals surface area (Å²) in [7, 11) is 0. The minimum absolute atomic E-state index is 0.110. The average molecular weight is 509 g/mol. The second-order valence-electron chi connectivity index (χ2n) is 9.05. The minimum atomic E-state index is 0.110. The van der Waals surface area contributed by atoms with Crippen molar-refractivity contribution < 1.29 is 9.53 Å². The van der Waals surface area contributed by atoms with Crippen LogP contribution in [0, 0.1) is 6.92 Å². The van der Waals surface area contributed by atoms with E-state index >= 15 is 0 Å². The number of nitrogens with one attached hydrogen (secondary N) is 1. The molecule has 1 saturated heterocycles. The molecule has 1 atom stereocenters. The Balaban J connectivity index is 1.49. The third-order valence-electron chi connectivity index (χ3n) is 7.03. The van der Waals surface area contributed by atoms with Crippen molar-refractivity contribution in [2.24, 2.45) is 0 Å². The van der Waals surface area contributed by atoms with Crippen LogP contribution in [-0.2, 0) is 4.79 Å². The normalized spacial score (nSPS) is 17.7. The number of fused-ring (bicyclic) bond motifs is 3. The molecule has 35 heavy (non-hydrogen) atoms. The van der Waals surface area contributed by atoms with Crippen LogP contribution >= 0.6 is 24.2 Å². The maximum absolute atomic E-state index is 12.5. The zero-order valence-electron chi connectivity index (χ0n) is 19.3. The van der Waals surface area contributed by atoms with Crippen LogP contribution < -0.4 is 9.64 Å². The molecule has 0 bridgehead atoms. The highest BCUT2D eigenvalue weighted by atomic mass is 35.5. The number of aromatic nitrogens is 4. The second-order valence-corrected chi connectivity index (χ2v) is 9.87. The van der Waals surface area contributed by atoms with E-state index in [1.54, 1.807) is 6.33 Å². The summed E-state index contributed by atoms with van der Waals surface area (Å²) in [4.78, 5) is 26.0. The number of piperazine rings is 1. The molecule has 2 aromatic carbocycles. The predicted molar refractivity (Wildman–Crippen MR) is 141 cm³/mol.